The summed E-state index contributed by atoms with van der Waals surface area (Å²) in [6.45, 7) is 3.58. The maximum absolute atomic E-state index is 14.5. The number of rotatable bonds is 14. The molecule has 0 aliphatic rings. The molecule has 0 radical (unpaired) electrons. The number of aryl methyl sites for hydroxylation is 1. The van der Waals surface area contributed by atoms with Crippen LogP contribution in [0, 0.1) is 6.92 Å². The van der Waals surface area contributed by atoms with Crippen LogP contribution in [0.3, 0.4) is 0 Å². The van der Waals surface area contributed by atoms with Crippen LogP contribution in [0.5, 0.6) is 11.5 Å². The van der Waals surface area contributed by atoms with Gasteiger partial charge < -0.3 is 19.7 Å². The number of ether oxygens (including phenoxy) is 2. The molecule has 236 valence electrons. The zero-order chi connectivity index (χ0) is 32.4. The molecule has 1 atom stereocenters. The number of likely N-dealkylation sites (N-methyl/N-ethyl adjacent to an activating group) is 1. The summed E-state index contributed by atoms with van der Waals surface area (Å²) in [5.41, 5.74) is 2.76. The van der Waals surface area contributed by atoms with E-state index in [1.165, 1.54) is 37.3 Å². The number of sulfonamides is 1. The largest absolute Gasteiger partial charge is 0.493 e. The van der Waals surface area contributed by atoms with Crippen molar-refractivity contribution in [3.05, 3.63) is 120 Å². The Bertz CT molecular complexity index is 1680. The minimum atomic E-state index is -4.24. The molecule has 0 spiro atoms. The van der Waals surface area contributed by atoms with Gasteiger partial charge in [-0.1, -0.05) is 78.4 Å². The fraction of sp³-hybridized carbons (Fsp3) is 0.257. The zero-order valence-electron chi connectivity index (χ0n) is 26.0. The Morgan fingerprint density at radius 2 is 1.40 bits per heavy atom. The standard InChI is InChI=1S/C35H39N3O6S/c1-5-36-35(40)31(22-27-12-8-6-9-13-27)37(24-28-14-10-7-11-15-28)34(39)25-38(29-18-21-32(43-3)33(23-29)44-4)45(41,42)30-19-16-26(2)17-20-30/h6-21,23,31H,5,22,24-25H2,1-4H3,(H,36,40). The van der Waals surface area contributed by atoms with Crippen molar-refractivity contribution >= 4 is 27.5 Å². The van der Waals surface area contributed by atoms with Gasteiger partial charge >= 0.3 is 0 Å². The Balaban J connectivity index is 1.82. The van der Waals surface area contributed by atoms with Crippen LogP contribution >= 0.6 is 0 Å². The Labute approximate surface area is 265 Å². The van der Waals surface area contributed by atoms with Crippen molar-refractivity contribution in [3.63, 3.8) is 0 Å². The summed E-state index contributed by atoms with van der Waals surface area (Å²) < 4.78 is 40.3. The molecule has 0 bridgehead atoms. The lowest BCUT2D eigenvalue weighted by Gasteiger charge is -2.34. The second kappa shape index (κ2) is 15.3. The minimum absolute atomic E-state index is 0.0230. The molecule has 10 heteroatoms. The first-order chi connectivity index (χ1) is 21.7. The average molecular weight is 630 g/mol. The lowest BCUT2D eigenvalue weighted by Crippen LogP contribution is -2.53. The highest BCUT2D eigenvalue weighted by molar-refractivity contribution is 7.92. The van der Waals surface area contributed by atoms with Crippen molar-refractivity contribution in [1.82, 2.24) is 10.2 Å². The van der Waals surface area contributed by atoms with Crippen LogP contribution in [0.1, 0.15) is 23.6 Å². The monoisotopic (exact) mass is 629 g/mol. The maximum Gasteiger partial charge on any atom is 0.264 e. The first kappa shape index (κ1) is 33.1. The van der Waals surface area contributed by atoms with Crippen molar-refractivity contribution in [1.29, 1.82) is 0 Å². The molecule has 0 aliphatic carbocycles. The molecule has 0 saturated heterocycles. The number of nitrogens with one attached hydrogen (secondary N) is 1. The van der Waals surface area contributed by atoms with Crippen LogP contribution in [0.15, 0.2) is 108 Å². The van der Waals surface area contributed by atoms with E-state index in [1.807, 2.05) is 74.5 Å². The summed E-state index contributed by atoms with van der Waals surface area (Å²) in [6, 6.07) is 28.9. The van der Waals surface area contributed by atoms with Crippen molar-refractivity contribution < 1.29 is 27.5 Å². The van der Waals surface area contributed by atoms with Crippen LogP contribution in [-0.4, -0.2) is 58.5 Å². The lowest BCUT2D eigenvalue weighted by molar-refractivity contribution is -0.140. The molecule has 0 fully saturated rings. The molecule has 1 unspecified atom stereocenters. The van der Waals surface area contributed by atoms with E-state index in [0.29, 0.717) is 18.0 Å². The van der Waals surface area contributed by atoms with E-state index in [4.69, 9.17) is 9.47 Å². The molecule has 0 aromatic heterocycles. The molecule has 4 aromatic rings. The summed E-state index contributed by atoms with van der Waals surface area (Å²) in [7, 11) is -1.31. The second-order valence-electron chi connectivity index (χ2n) is 10.5. The molecule has 0 aliphatic heterocycles. The van der Waals surface area contributed by atoms with Gasteiger partial charge in [0.1, 0.15) is 12.6 Å². The Hall–Kier alpha value is -4.83. The summed E-state index contributed by atoms with van der Waals surface area (Å²) in [6.07, 6.45) is 0.242. The first-order valence-electron chi connectivity index (χ1n) is 14.6. The van der Waals surface area contributed by atoms with Gasteiger partial charge in [0.15, 0.2) is 11.5 Å². The van der Waals surface area contributed by atoms with E-state index in [2.05, 4.69) is 5.32 Å². The topological polar surface area (TPSA) is 105 Å². The van der Waals surface area contributed by atoms with Crippen molar-refractivity contribution in [2.75, 3.05) is 31.6 Å². The van der Waals surface area contributed by atoms with Gasteiger partial charge in [0.2, 0.25) is 11.8 Å². The number of anilines is 1. The van der Waals surface area contributed by atoms with E-state index < -0.39 is 28.5 Å². The molecule has 9 nitrogen and oxygen atoms in total. The van der Waals surface area contributed by atoms with Gasteiger partial charge in [-0.15, -0.1) is 0 Å². The number of nitrogens with zero attached hydrogens (tertiary/aromatic N) is 2. The second-order valence-corrected chi connectivity index (χ2v) is 12.3. The predicted molar refractivity (Wildman–Crippen MR) is 175 cm³/mol. The molecule has 0 heterocycles. The van der Waals surface area contributed by atoms with Crippen LogP contribution in [-0.2, 0) is 32.6 Å². The number of carbonyl (C=O) groups is 2. The van der Waals surface area contributed by atoms with Gasteiger partial charge in [0, 0.05) is 25.6 Å². The van der Waals surface area contributed by atoms with Crippen LogP contribution in [0.25, 0.3) is 0 Å². The molecule has 4 rings (SSSR count). The highest BCUT2D eigenvalue weighted by Crippen LogP contribution is 2.34. The molecule has 4 aromatic carbocycles. The molecular formula is C35H39N3O6S. The van der Waals surface area contributed by atoms with Gasteiger partial charge in [-0.05, 0) is 49.2 Å². The number of benzene rings is 4. The predicted octanol–water partition coefficient (Wildman–Crippen LogP) is 4.98. The van der Waals surface area contributed by atoms with Gasteiger partial charge in [-0.25, -0.2) is 8.42 Å². The van der Waals surface area contributed by atoms with Gasteiger partial charge in [-0.2, -0.15) is 0 Å². The smallest absolute Gasteiger partial charge is 0.264 e. The summed E-state index contributed by atoms with van der Waals surface area (Å²) in [5.74, 6) is -0.164. The molecule has 0 saturated carbocycles. The van der Waals surface area contributed by atoms with E-state index in [1.54, 1.807) is 24.3 Å². The van der Waals surface area contributed by atoms with Crippen molar-refractivity contribution in [2.45, 2.75) is 37.8 Å². The van der Waals surface area contributed by atoms with Gasteiger partial charge in [0.05, 0.1) is 24.8 Å². The van der Waals surface area contributed by atoms with Gasteiger partial charge in [-0.3, -0.25) is 13.9 Å². The summed E-state index contributed by atoms with van der Waals surface area (Å²) >= 11 is 0. The molecule has 2 amide bonds. The Morgan fingerprint density at radius 1 is 0.800 bits per heavy atom. The minimum Gasteiger partial charge on any atom is -0.493 e. The normalized spacial score (nSPS) is 11.7. The van der Waals surface area contributed by atoms with Gasteiger partial charge in [0.25, 0.3) is 10.0 Å². The van der Waals surface area contributed by atoms with Crippen LogP contribution < -0.4 is 19.1 Å². The number of carbonyl (C=O) groups excluding carboxylic acids is 2. The first-order valence-corrected chi connectivity index (χ1v) is 16.1. The highest BCUT2D eigenvalue weighted by Gasteiger charge is 2.34. The van der Waals surface area contributed by atoms with E-state index in [-0.39, 0.29) is 29.5 Å². The maximum atomic E-state index is 14.5. The van der Waals surface area contributed by atoms with Crippen molar-refractivity contribution in [2.24, 2.45) is 0 Å². The summed E-state index contributed by atoms with van der Waals surface area (Å²) in [5, 5.41) is 2.87. The summed E-state index contributed by atoms with van der Waals surface area (Å²) in [4.78, 5) is 29.5. The quantitative estimate of drug-likeness (QED) is 0.211. The van der Waals surface area contributed by atoms with E-state index in [9.17, 15) is 18.0 Å². The highest BCUT2D eigenvalue weighted by atomic mass is 32.2. The lowest BCUT2D eigenvalue weighted by atomic mass is 10.0. The van der Waals surface area contributed by atoms with E-state index in [0.717, 1.165) is 21.0 Å². The Morgan fingerprint density at radius 3 is 1.98 bits per heavy atom. The van der Waals surface area contributed by atoms with Crippen LogP contribution in [0.2, 0.25) is 0 Å². The number of methoxy groups -OCH3 is 2. The fourth-order valence-electron chi connectivity index (χ4n) is 4.97. The fourth-order valence-corrected chi connectivity index (χ4v) is 6.38. The molecular weight excluding hydrogens is 590 g/mol. The van der Waals surface area contributed by atoms with Crippen LogP contribution in [0.4, 0.5) is 5.69 Å². The number of hydrogen-bond acceptors (Lipinski definition) is 6. The molecule has 1 N–H and O–H groups in total. The third kappa shape index (κ3) is 8.21. The molecule has 45 heavy (non-hydrogen) atoms. The zero-order valence-corrected chi connectivity index (χ0v) is 26.8. The Kier molecular flexibility index (Phi) is 11.2. The van der Waals surface area contributed by atoms with Crippen molar-refractivity contribution in [3.8, 4) is 11.5 Å². The average Bonchev–Trinajstić information content (AvgIpc) is 3.06. The SMILES string of the molecule is CCNC(=O)C(Cc1ccccc1)N(Cc1ccccc1)C(=O)CN(c1ccc(OC)c(OC)c1)S(=O)(=O)c1ccc(C)cc1. The third-order valence-electron chi connectivity index (χ3n) is 7.36. The third-order valence-corrected chi connectivity index (χ3v) is 9.15. The number of hydrogen-bond donors (Lipinski definition) is 1. The van der Waals surface area contributed by atoms with E-state index >= 15 is 0 Å². The number of amides is 2.